The van der Waals surface area contributed by atoms with Gasteiger partial charge in [0.15, 0.2) is 0 Å². The Kier molecular flexibility index (Phi) is 6.79. The maximum atomic E-state index is 12.1. The third-order valence-electron chi connectivity index (χ3n) is 3.72. The van der Waals surface area contributed by atoms with Gasteiger partial charge in [0, 0.05) is 30.4 Å². The van der Waals surface area contributed by atoms with E-state index in [9.17, 15) is 9.59 Å². The van der Waals surface area contributed by atoms with E-state index in [1.165, 1.54) is 6.08 Å². The van der Waals surface area contributed by atoms with E-state index in [2.05, 4.69) is 10.6 Å². The molecule has 2 aromatic carbocycles. The van der Waals surface area contributed by atoms with Gasteiger partial charge in [0.05, 0.1) is 20.6 Å². The Morgan fingerprint density at radius 1 is 1.04 bits per heavy atom. The molecule has 0 bridgehead atoms. The van der Waals surface area contributed by atoms with E-state index in [0.29, 0.717) is 23.6 Å². The third-order valence-corrected chi connectivity index (χ3v) is 3.72. The highest BCUT2D eigenvalue weighted by atomic mass is 16.5. The SMILES string of the molecule is CNC(=O)Cc1ccc(NC(=O)/C=C/c2ccc(OC)cc2OC)cc1. The largest absolute Gasteiger partial charge is 0.497 e. The van der Waals surface area contributed by atoms with Crippen molar-refractivity contribution in [2.75, 3.05) is 26.6 Å². The molecule has 0 atom stereocenters. The molecule has 2 N–H and O–H groups in total. The summed E-state index contributed by atoms with van der Waals surface area (Å²) in [6, 6.07) is 12.5. The van der Waals surface area contributed by atoms with Crippen molar-refractivity contribution in [3.05, 3.63) is 59.7 Å². The van der Waals surface area contributed by atoms with Gasteiger partial charge in [0.2, 0.25) is 11.8 Å². The van der Waals surface area contributed by atoms with Crippen molar-refractivity contribution in [1.29, 1.82) is 0 Å². The lowest BCUT2D eigenvalue weighted by Crippen LogP contribution is -2.19. The number of amides is 2. The maximum Gasteiger partial charge on any atom is 0.248 e. The number of nitrogens with one attached hydrogen (secondary N) is 2. The first-order valence-corrected chi connectivity index (χ1v) is 8.06. The topological polar surface area (TPSA) is 76.7 Å². The molecule has 2 aromatic rings. The van der Waals surface area contributed by atoms with Crippen molar-refractivity contribution in [1.82, 2.24) is 5.32 Å². The molecule has 0 saturated heterocycles. The van der Waals surface area contributed by atoms with Crippen molar-refractivity contribution in [2.24, 2.45) is 0 Å². The molecule has 0 unspecified atom stereocenters. The minimum Gasteiger partial charge on any atom is -0.497 e. The van der Waals surface area contributed by atoms with Gasteiger partial charge < -0.3 is 20.1 Å². The van der Waals surface area contributed by atoms with Crippen LogP contribution in [0.25, 0.3) is 6.08 Å². The van der Waals surface area contributed by atoms with Crippen LogP contribution in [0.1, 0.15) is 11.1 Å². The van der Waals surface area contributed by atoms with Crippen molar-refractivity contribution in [3.63, 3.8) is 0 Å². The van der Waals surface area contributed by atoms with Crippen LogP contribution in [0, 0.1) is 0 Å². The number of likely N-dealkylation sites (N-methyl/N-ethyl adjacent to an activating group) is 1. The molecular weight excluding hydrogens is 332 g/mol. The summed E-state index contributed by atoms with van der Waals surface area (Å²) in [5.74, 6) is 0.979. The summed E-state index contributed by atoms with van der Waals surface area (Å²) in [5, 5.41) is 5.35. The predicted molar refractivity (Wildman–Crippen MR) is 101 cm³/mol. The fraction of sp³-hybridized carbons (Fsp3) is 0.200. The molecular formula is C20H22N2O4. The highest BCUT2D eigenvalue weighted by molar-refractivity contribution is 6.02. The van der Waals surface area contributed by atoms with Crippen molar-refractivity contribution in [3.8, 4) is 11.5 Å². The van der Waals surface area contributed by atoms with Crippen LogP contribution in [-0.2, 0) is 16.0 Å². The van der Waals surface area contributed by atoms with Gasteiger partial charge in [-0.25, -0.2) is 0 Å². The lowest BCUT2D eigenvalue weighted by Gasteiger charge is -2.07. The number of rotatable bonds is 7. The average molecular weight is 354 g/mol. The standard InChI is InChI=1S/C20H22N2O4/c1-21-20(24)12-14-4-8-16(9-5-14)22-19(23)11-7-15-6-10-17(25-2)13-18(15)26-3/h4-11,13H,12H2,1-3H3,(H,21,24)(H,22,23)/b11-7+. The summed E-state index contributed by atoms with van der Waals surface area (Å²) in [6.45, 7) is 0. The second-order valence-corrected chi connectivity index (χ2v) is 5.48. The maximum absolute atomic E-state index is 12.1. The van der Waals surface area contributed by atoms with Crippen LogP contribution >= 0.6 is 0 Å². The molecule has 6 nitrogen and oxygen atoms in total. The minimum absolute atomic E-state index is 0.0573. The van der Waals surface area contributed by atoms with Gasteiger partial charge in [-0.05, 0) is 35.9 Å². The molecule has 2 amide bonds. The monoisotopic (exact) mass is 354 g/mol. The highest BCUT2D eigenvalue weighted by Crippen LogP contribution is 2.25. The van der Waals surface area contributed by atoms with E-state index in [1.54, 1.807) is 63.7 Å². The van der Waals surface area contributed by atoms with Crippen LogP contribution in [-0.4, -0.2) is 33.1 Å². The molecule has 0 aliphatic rings. The Balaban J connectivity index is 2.00. The first kappa shape index (κ1) is 19.1. The van der Waals surface area contributed by atoms with Gasteiger partial charge in [0.25, 0.3) is 0 Å². The summed E-state index contributed by atoms with van der Waals surface area (Å²) in [7, 11) is 4.74. The zero-order chi connectivity index (χ0) is 18.9. The van der Waals surface area contributed by atoms with Crippen LogP contribution < -0.4 is 20.1 Å². The molecule has 136 valence electrons. The smallest absolute Gasteiger partial charge is 0.248 e. The number of hydrogen-bond acceptors (Lipinski definition) is 4. The summed E-state index contributed by atoms with van der Waals surface area (Å²) in [5.41, 5.74) is 2.30. The molecule has 2 rings (SSSR count). The van der Waals surface area contributed by atoms with Gasteiger partial charge in [-0.1, -0.05) is 12.1 Å². The first-order valence-electron chi connectivity index (χ1n) is 8.06. The number of carbonyl (C=O) groups excluding carboxylic acids is 2. The third kappa shape index (κ3) is 5.37. The second kappa shape index (κ2) is 9.27. The quantitative estimate of drug-likeness (QED) is 0.750. The van der Waals surface area contributed by atoms with Crippen LogP contribution in [0.15, 0.2) is 48.5 Å². The second-order valence-electron chi connectivity index (χ2n) is 5.48. The van der Waals surface area contributed by atoms with Crippen molar-refractivity contribution >= 4 is 23.6 Å². The highest BCUT2D eigenvalue weighted by Gasteiger charge is 2.04. The van der Waals surface area contributed by atoms with Crippen LogP contribution in [0.3, 0.4) is 0 Å². The van der Waals surface area contributed by atoms with Crippen LogP contribution in [0.5, 0.6) is 11.5 Å². The Morgan fingerprint density at radius 3 is 2.38 bits per heavy atom. The molecule has 0 radical (unpaired) electrons. The first-order chi connectivity index (χ1) is 12.5. The van der Waals surface area contributed by atoms with E-state index in [-0.39, 0.29) is 11.8 Å². The number of methoxy groups -OCH3 is 2. The van der Waals surface area contributed by atoms with Gasteiger partial charge in [-0.3, -0.25) is 9.59 Å². The molecule has 0 heterocycles. The van der Waals surface area contributed by atoms with Crippen LogP contribution in [0.4, 0.5) is 5.69 Å². The molecule has 26 heavy (non-hydrogen) atoms. The number of ether oxygens (including phenoxy) is 2. The molecule has 0 spiro atoms. The van der Waals surface area contributed by atoms with Gasteiger partial charge in [-0.2, -0.15) is 0 Å². The van der Waals surface area contributed by atoms with Gasteiger partial charge in [-0.15, -0.1) is 0 Å². The Morgan fingerprint density at radius 2 is 1.77 bits per heavy atom. The molecule has 0 aliphatic heterocycles. The molecule has 0 aromatic heterocycles. The lowest BCUT2D eigenvalue weighted by molar-refractivity contribution is -0.120. The number of carbonyl (C=O) groups is 2. The molecule has 0 saturated carbocycles. The van der Waals surface area contributed by atoms with E-state index in [0.717, 1.165) is 11.1 Å². The molecule has 6 heteroatoms. The minimum atomic E-state index is -0.262. The predicted octanol–water partition coefficient (Wildman–Crippen LogP) is 2.64. The van der Waals surface area contributed by atoms with E-state index >= 15 is 0 Å². The fourth-order valence-corrected chi connectivity index (χ4v) is 2.29. The van der Waals surface area contributed by atoms with Crippen molar-refractivity contribution in [2.45, 2.75) is 6.42 Å². The van der Waals surface area contributed by atoms with E-state index in [1.807, 2.05) is 6.07 Å². The summed E-state index contributed by atoms with van der Waals surface area (Å²) < 4.78 is 10.4. The summed E-state index contributed by atoms with van der Waals surface area (Å²) in [6.07, 6.45) is 3.41. The van der Waals surface area contributed by atoms with E-state index < -0.39 is 0 Å². The zero-order valence-corrected chi connectivity index (χ0v) is 15.0. The normalized spacial score (nSPS) is 10.4. The number of hydrogen-bond donors (Lipinski definition) is 2. The Labute approximate surface area is 152 Å². The Bertz CT molecular complexity index is 798. The molecule has 0 aliphatic carbocycles. The fourth-order valence-electron chi connectivity index (χ4n) is 2.29. The van der Waals surface area contributed by atoms with Gasteiger partial charge in [0.1, 0.15) is 11.5 Å². The summed E-state index contributed by atoms with van der Waals surface area (Å²) >= 11 is 0. The van der Waals surface area contributed by atoms with E-state index in [4.69, 9.17) is 9.47 Å². The van der Waals surface area contributed by atoms with Gasteiger partial charge >= 0.3 is 0 Å². The lowest BCUT2D eigenvalue weighted by atomic mass is 10.1. The van der Waals surface area contributed by atoms with Crippen molar-refractivity contribution < 1.29 is 19.1 Å². The Hall–Kier alpha value is -3.28. The van der Waals surface area contributed by atoms with Crippen LogP contribution in [0.2, 0.25) is 0 Å². The summed E-state index contributed by atoms with van der Waals surface area (Å²) in [4.78, 5) is 23.4. The average Bonchev–Trinajstić information content (AvgIpc) is 2.67. The zero-order valence-electron chi connectivity index (χ0n) is 15.0. The number of benzene rings is 2. The molecule has 0 fully saturated rings. The number of anilines is 1.